The molecule has 1 unspecified atom stereocenters. The highest BCUT2D eigenvalue weighted by molar-refractivity contribution is 7.59. The van der Waals surface area contributed by atoms with Crippen molar-refractivity contribution in [1.29, 1.82) is 0 Å². The largest absolute Gasteiger partial charge is 0.491 e. The summed E-state index contributed by atoms with van der Waals surface area (Å²) in [4.78, 5) is 18.5. The molecular weight excluding hydrogens is 475 g/mol. The maximum Gasteiger partial charge on any atom is 0.305 e. The molecule has 0 aliphatic heterocycles. The summed E-state index contributed by atoms with van der Waals surface area (Å²) in [5.74, 6) is 7.19. The summed E-state index contributed by atoms with van der Waals surface area (Å²) in [5.41, 5.74) is 4.51. The molecule has 7 nitrogen and oxygen atoms in total. The van der Waals surface area contributed by atoms with Gasteiger partial charge >= 0.3 is 5.97 Å². The minimum atomic E-state index is -0.807. The summed E-state index contributed by atoms with van der Waals surface area (Å²) >= 11 is 0. The smallest absolute Gasteiger partial charge is 0.305 e. The van der Waals surface area contributed by atoms with Crippen LogP contribution < -0.4 is 15.1 Å². The highest BCUT2D eigenvalue weighted by Crippen LogP contribution is 2.31. The second kappa shape index (κ2) is 16.2. The molecule has 0 saturated carbocycles. The summed E-state index contributed by atoms with van der Waals surface area (Å²) < 4.78 is 22.1. The number of benzene rings is 1. The maximum atomic E-state index is 11.6. The van der Waals surface area contributed by atoms with Gasteiger partial charge in [0, 0.05) is 44.4 Å². The van der Waals surface area contributed by atoms with Crippen LogP contribution in [0.25, 0.3) is 0 Å². The summed E-state index contributed by atoms with van der Waals surface area (Å²) in [6, 6.07) is 9.94. The molecule has 1 aromatic carbocycles. The zero-order valence-corrected chi connectivity index (χ0v) is 23.3. The SMILES string of the molecule is CCOC(=O)CCCOc1ccc(C#Cc2cc(COC)nc(P(C)OCC)c2)cc1N(CC)CC. The molecule has 1 heterocycles. The first-order chi connectivity index (χ1) is 17.4. The van der Waals surface area contributed by atoms with Crippen molar-refractivity contribution in [2.24, 2.45) is 0 Å². The zero-order valence-electron chi connectivity index (χ0n) is 22.4. The van der Waals surface area contributed by atoms with Crippen molar-refractivity contribution in [2.45, 2.75) is 47.1 Å². The number of rotatable bonds is 14. The molecule has 0 fully saturated rings. The normalized spacial score (nSPS) is 11.4. The second-order valence-electron chi connectivity index (χ2n) is 7.92. The van der Waals surface area contributed by atoms with Crippen LogP contribution in [0.1, 0.15) is 57.4 Å². The van der Waals surface area contributed by atoms with Crippen LogP contribution >= 0.6 is 8.15 Å². The minimum Gasteiger partial charge on any atom is -0.491 e. The predicted molar refractivity (Wildman–Crippen MR) is 146 cm³/mol. The monoisotopic (exact) mass is 514 g/mol. The van der Waals surface area contributed by atoms with E-state index >= 15 is 0 Å². The van der Waals surface area contributed by atoms with Crippen LogP contribution in [0.4, 0.5) is 5.69 Å². The van der Waals surface area contributed by atoms with Gasteiger partial charge in [-0.15, -0.1) is 0 Å². The molecule has 0 aliphatic carbocycles. The molecule has 196 valence electrons. The van der Waals surface area contributed by atoms with Gasteiger partial charge in [-0.25, -0.2) is 4.98 Å². The molecule has 0 aliphatic rings. The van der Waals surface area contributed by atoms with Crippen molar-refractivity contribution in [3.05, 3.63) is 47.2 Å². The van der Waals surface area contributed by atoms with Gasteiger partial charge in [0.15, 0.2) is 0 Å². The molecule has 0 N–H and O–H groups in total. The average Bonchev–Trinajstić information content (AvgIpc) is 2.87. The van der Waals surface area contributed by atoms with Gasteiger partial charge in [0.1, 0.15) is 5.75 Å². The van der Waals surface area contributed by atoms with E-state index in [2.05, 4.69) is 48.3 Å². The lowest BCUT2D eigenvalue weighted by Gasteiger charge is -2.24. The van der Waals surface area contributed by atoms with Crippen LogP contribution in [0.3, 0.4) is 0 Å². The first-order valence-electron chi connectivity index (χ1n) is 12.5. The molecule has 1 atom stereocenters. The molecule has 2 aromatic rings. The fourth-order valence-corrected chi connectivity index (χ4v) is 4.70. The van der Waals surface area contributed by atoms with Gasteiger partial charge in [0.2, 0.25) is 0 Å². The number of methoxy groups -OCH3 is 1. The Balaban J connectivity index is 2.28. The van der Waals surface area contributed by atoms with Gasteiger partial charge in [-0.05, 0) is 71.1 Å². The quantitative estimate of drug-likeness (QED) is 0.154. The highest BCUT2D eigenvalue weighted by Gasteiger charge is 2.12. The first-order valence-corrected chi connectivity index (χ1v) is 14.2. The molecular formula is C28H39N2O5P. The Labute approximate surface area is 217 Å². The van der Waals surface area contributed by atoms with E-state index in [1.165, 1.54) is 0 Å². The van der Waals surface area contributed by atoms with E-state index in [1.807, 2.05) is 38.1 Å². The predicted octanol–water partition coefficient (Wildman–Crippen LogP) is 4.88. The summed E-state index contributed by atoms with van der Waals surface area (Å²) in [6.45, 7) is 13.7. The molecule has 0 spiro atoms. The molecule has 36 heavy (non-hydrogen) atoms. The minimum absolute atomic E-state index is 0.194. The summed E-state index contributed by atoms with van der Waals surface area (Å²) in [5, 5.41) is 0. The summed E-state index contributed by atoms with van der Waals surface area (Å²) in [6.07, 6.45) is 0.953. The molecule has 0 amide bonds. The number of hydrogen-bond donors (Lipinski definition) is 0. The fourth-order valence-electron chi connectivity index (χ4n) is 3.59. The molecule has 0 saturated heterocycles. The number of carbonyl (C=O) groups is 1. The van der Waals surface area contributed by atoms with Gasteiger partial charge in [-0.2, -0.15) is 0 Å². The number of ether oxygens (including phenoxy) is 3. The number of aromatic nitrogens is 1. The van der Waals surface area contributed by atoms with Crippen LogP contribution in [0.5, 0.6) is 5.75 Å². The number of esters is 1. The van der Waals surface area contributed by atoms with E-state index in [0.29, 0.717) is 39.3 Å². The molecule has 0 radical (unpaired) electrons. The third kappa shape index (κ3) is 9.43. The van der Waals surface area contributed by atoms with Gasteiger partial charge in [-0.1, -0.05) is 11.8 Å². The standard InChI is InChI=1S/C28H39N2O5P/c1-7-30(8-2)25-19-22(15-16-26(25)34-17-11-12-28(31)33-9-3)13-14-23-18-24(21-32-5)29-27(20-23)36(6)35-10-4/h15-16,18-20H,7-12,17,21H2,1-6H3. The van der Waals surface area contributed by atoms with Crippen LogP contribution in [-0.4, -0.2) is 57.6 Å². The third-order valence-electron chi connectivity index (χ3n) is 5.30. The summed E-state index contributed by atoms with van der Waals surface area (Å²) in [7, 11) is 0.852. The lowest BCUT2D eigenvalue weighted by molar-refractivity contribution is -0.143. The Kier molecular flexibility index (Phi) is 13.3. The van der Waals surface area contributed by atoms with E-state index in [4.69, 9.17) is 18.7 Å². The maximum absolute atomic E-state index is 11.6. The highest BCUT2D eigenvalue weighted by atomic mass is 31.1. The van der Waals surface area contributed by atoms with Crippen LogP contribution in [0.15, 0.2) is 30.3 Å². The van der Waals surface area contributed by atoms with E-state index in [1.54, 1.807) is 7.11 Å². The topological polar surface area (TPSA) is 70.1 Å². The second-order valence-corrected chi connectivity index (χ2v) is 9.63. The number of nitrogens with zero attached hydrogens (tertiary/aromatic N) is 2. The van der Waals surface area contributed by atoms with Gasteiger partial charge in [0.05, 0.1) is 44.8 Å². The van der Waals surface area contributed by atoms with Crippen molar-refractivity contribution in [3.8, 4) is 17.6 Å². The van der Waals surface area contributed by atoms with Crippen LogP contribution in [0, 0.1) is 11.8 Å². The first kappa shape index (κ1) is 29.6. The molecule has 0 bridgehead atoms. The average molecular weight is 515 g/mol. The Morgan fingerprint density at radius 3 is 2.44 bits per heavy atom. The number of anilines is 1. The molecule has 8 heteroatoms. The Hall–Kier alpha value is -2.65. The fraction of sp³-hybridized carbons (Fsp3) is 0.500. The zero-order chi connectivity index (χ0) is 26.3. The third-order valence-corrected chi connectivity index (χ3v) is 6.82. The van der Waals surface area contributed by atoms with E-state index in [9.17, 15) is 4.79 Å². The van der Waals surface area contributed by atoms with Gasteiger partial charge < -0.3 is 23.6 Å². The van der Waals surface area contributed by atoms with Crippen molar-refractivity contribution in [2.75, 3.05) is 51.6 Å². The van der Waals surface area contributed by atoms with Crippen molar-refractivity contribution >= 4 is 25.2 Å². The lowest BCUT2D eigenvalue weighted by atomic mass is 10.1. The number of pyridine rings is 1. The van der Waals surface area contributed by atoms with Crippen molar-refractivity contribution < 1.29 is 23.5 Å². The number of hydrogen-bond acceptors (Lipinski definition) is 7. The lowest BCUT2D eigenvalue weighted by Crippen LogP contribution is -2.22. The van der Waals surface area contributed by atoms with Crippen molar-refractivity contribution in [3.63, 3.8) is 0 Å². The number of carbonyl (C=O) groups excluding carboxylic acids is 1. The van der Waals surface area contributed by atoms with Gasteiger partial charge in [0.25, 0.3) is 0 Å². The Morgan fingerprint density at radius 2 is 1.78 bits per heavy atom. The van der Waals surface area contributed by atoms with Crippen LogP contribution in [0.2, 0.25) is 0 Å². The van der Waals surface area contributed by atoms with E-state index < -0.39 is 8.15 Å². The van der Waals surface area contributed by atoms with E-state index in [-0.39, 0.29) is 5.97 Å². The Bertz CT molecular complexity index is 1030. The van der Waals surface area contributed by atoms with Crippen LogP contribution in [-0.2, 0) is 25.4 Å². The van der Waals surface area contributed by atoms with Gasteiger partial charge in [-0.3, -0.25) is 4.79 Å². The Morgan fingerprint density at radius 1 is 1.03 bits per heavy atom. The molecule has 2 rings (SSSR count). The van der Waals surface area contributed by atoms with Crippen molar-refractivity contribution in [1.82, 2.24) is 4.98 Å². The van der Waals surface area contributed by atoms with E-state index in [0.717, 1.165) is 46.8 Å². The molecule has 1 aromatic heterocycles.